The van der Waals surface area contributed by atoms with Crippen molar-refractivity contribution < 1.29 is 18.0 Å². The van der Waals surface area contributed by atoms with E-state index in [4.69, 9.17) is 0 Å². The van der Waals surface area contributed by atoms with Crippen LogP contribution in [0.1, 0.15) is 25.3 Å². The van der Waals surface area contributed by atoms with Crippen molar-refractivity contribution in [3.05, 3.63) is 60.2 Å². The van der Waals surface area contributed by atoms with Gasteiger partial charge in [-0.05, 0) is 42.7 Å². The molecule has 0 atom stereocenters. The minimum atomic E-state index is -3.90. The Labute approximate surface area is 171 Å². The monoisotopic (exact) mass is 415 g/mol. The van der Waals surface area contributed by atoms with E-state index in [-0.39, 0.29) is 29.8 Å². The number of amides is 2. The van der Waals surface area contributed by atoms with Crippen LogP contribution in [0.5, 0.6) is 0 Å². The summed E-state index contributed by atoms with van der Waals surface area (Å²) in [5.41, 5.74) is 1.32. The number of hydrogen-bond acceptors (Lipinski definition) is 4. The van der Waals surface area contributed by atoms with E-state index < -0.39 is 10.0 Å². The summed E-state index contributed by atoms with van der Waals surface area (Å²) in [6.07, 6.45) is 1.89. The van der Waals surface area contributed by atoms with E-state index in [2.05, 4.69) is 5.32 Å². The molecule has 1 fully saturated rings. The summed E-state index contributed by atoms with van der Waals surface area (Å²) in [6, 6.07) is 15.2. The number of carbonyl (C=O) groups excluding carboxylic acids is 2. The first kappa shape index (κ1) is 21.0. The Kier molecular flexibility index (Phi) is 6.66. The lowest BCUT2D eigenvalue weighted by Gasteiger charge is -2.25. The molecule has 154 valence electrons. The Bertz CT molecular complexity index is 953. The molecule has 1 heterocycles. The average Bonchev–Trinajstić information content (AvgIpc) is 3.23. The second kappa shape index (κ2) is 9.19. The molecule has 0 spiro atoms. The second-order valence-corrected chi connectivity index (χ2v) is 8.99. The molecule has 0 radical (unpaired) electrons. The molecule has 29 heavy (non-hydrogen) atoms. The molecule has 8 heteroatoms. The van der Waals surface area contributed by atoms with Gasteiger partial charge in [0.1, 0.15) is 0 Å². The lowest BCUT2D eigenvalue weighted by molar-refractivity contribution is -0.130. The average molecular weight is 416 g/mol. The maximum Gasteiger partial charge on any atom is 0.243 e. The first-order chi connectivity index (χ1) is 13.9. The lowest BCUT2D eigenvalue weighted by atomic mass is 10.2. The number of hydrogen-bond donors (Lipinski definition) is 1. The van der Waals surface area contributed by atoms with Crippen LogP contribution in [-0.4, -0.2) is 49.1 Å². The van der Waals surface area contributed by atoms with Gasteiger partial charge in [-0.25, -0.2) is 8.42 Å². The standard InChI is InChI=1S/C21H25N3O4S/c1-17(25)22-19-9-11-20(12-10-19)29(27,28)24(15-18-7-3-2-4-8-18)16-21(26)23-13-5-6-14-23/h2-4,7-12H,5-6,13-16H2,1H3,(H,22,25). The summed E-state index contributed by atoms with van der Waals surface area (Å²) in [5, 5.41) is 2.61. The Morgan fingerprint density at radius 1 is 1.00 bits per heavy atom. The quantitative estimate of drug-likeness (QED) is 0.753. The number of nitrogens with one attached hydrogen (secondary N) is 1. The molecule has 1 aliphatic heterocycles. The smallest absolute Gasteiger partial charge is 0.243 e. The van der Waals surface area contributed by atoms with Gasteiger partial charge in [0.2, 0.25) is 21.8 Å². The molecule has 2 aromatic carbocycles. The van der Waals surface area contributed by atoms with Crippen LogP contribution in [0.4, 0.5) is 5.69 Å². The van der Waals surface area contributed by atoms with Crippen LogP contribution < -0.4 is 5.32 Å². The molecule has 0 bridgehead atoms. The third-order valence-electron chi connectivity index (χ3n) is 4.78. The predicted molar refractivity (Wildman–Crippen MR) is 111 cm³/mol. The lowest BCUT2D eigenvalue weighted by Crippen LogP contribution is -2.41. The first-order valence-corrected chi connectivity index (χ1v) is 11.0. The Hall–Kier alpha value is -2.71. The number of likely N-dealkylation sites (tertiary alicyclic amines) is 1. The fourth-order valence-corrected chi connectivity index (χ4v) is 4.67. The molecule has 1 N–H and O–H groups in total. The van der Waals surface area contributed by atoms with Crippen LogP contribution in [0.2, 0.25) is 0 Å². The minimum absolute atomic E-state index is 0.0803. The van der Waals surface area contributed by atoms with Gasteiger partial charge in [-0.2, -0.15) is 4.31 Å². The fraction of sp³-hybridized carbons (Fsp3) is 0.333. The van der Waals surface area contributed by atoms with Crippen molar-refractivity contribution in [3.63, 3.8) is 0 Å². The summed E-state index contributed by atoms with van der Waals surface area (Å²) in [5.74, 6) is -0.417. The fourth-order valence-electron chi connectivity index (χ4n) is 3.29. The van der Waals surface area contributed by atoms with E-state index in [0.717, 1.165) is 18.4 Å². The maximum atomic E-state index is 13.3. The summed E-state index contributed by atoms with van der Waals surface area (Å²) in [6.45, 7) is 2.63. The summed E-state index contributed by atoms with van der Waals surface area (Å²) < 4.78 is 27.8. The van der Waals surface area contributed by atoms with Gasteiger partial charge in [0, 0.05) is 32.2 Å². The van der Waals surface area contributed by atoms with E-state index in [1.54, 1.807) is 4.90 Å². The van der Waals surface area contributed by atoms with Gasteiger partial charge in [-0.3, -0.25) is 9.59 Å². The van der Waals surface area contributed by atoms with Crippen LogP contribution >= 0.6 is 0 Å². The Balaban J connectivity index is 1.86. The molecule has 0 aromatic heterocycles. The zero-order valence-corrected chi connectivity index (χ0v) is 17.2. The molecule has 0 aliphatic carbocycles. The van der Waals surface area contributed by atoms with E-state index in [1.807, 2.05) is 30.3 Å². The van der Waals surface area contributed by atoms with Crippen molar-refractivity contribution in [2.45, 2.75) is 31.2 Å². The van der Waals surface area contributed by atoms with Crippen molar-refractivity contribution in [2.24, 2.45) is 0 Å². The van der Waals surface area contributed by atoms with Gasteiger partial charge in [-0.1, -0.05) is 30.3 Å². The van der Waals surface area contributed by atoms with Gasteiger partial charge in [0.15, 0.2) is 0 Å². The summed E-state index contributed by atoms with van der Waals surface area (Å²) in [7, 11) is -3.90. The highest BCUT2D eigenvalue weighted by Crippen LogP contribution is 2.21. The van der Waals surface area contributed by atoms with Crippen LogP contribution in [0, 0.1) is 0 Å². The predicted octanol–water partition coefficient (Wildman–Crippen LogP) is 2.46. The summed E-state index contributed by atoms with van der Waals surface area (Å²) in [4.78, 5) is 25.6. The molecule has 3 rings (SSSR count). The second-order valence-electron chi connectivity index (χ2n) is 7.05. The van der Waals surface area contributed by atoms with Gasteiger partial charge < -0.3 is 10.2 Å². The Morgan fingerprint density at radius 3 is 2.21 bits per heavy atom. The van der Waals surface area contributed by atoms with Crippen LogP contribution in [0.25, 0.3) is 0 Å². The molecule has 1 saturated heterocycles. The molecule has 0 unspecified atom stereocenters. The van der Waals surface area contributed by atoms with Gasteiger partial charge in [0.05, 0.1) is 11.4 Å². The van der Waals surface area contributed by atoms with Crippen molar-refractivity contribution >= 4 is 27.5 Å². The van der Waals surface area contributed by atoms with Crippen molar-refractivity contribution in [2.75, 3.05) is 25.0 Å². The van der Waals surface area contributed by atoms with E-state index >= 15 is 0 Å². The number of rotatable bonds is 7. The number of sulfonamides is 1. The number of benzene rings is 2. The number of carbonyl (C=O) groups is 2. The van der Waals surface area contributed by atoms with Crippen LogP contribution in [-0.2, 0) is 26.2 Å². The van der Waals surface area contributed by atoms with Crippen molar-refractivity contribution in [1.29, 1.82) is 0 Å². The van der Waals surface area contributed by atoms with E-state index in [9.17, 15) is 18.0 Å². The number of nitrogens with zero attached hydrogens (tertiary/aromatic N) is 2. The molecule has 0 saturated carbocycles. The number of anilines is 1. The Morgan fingerprint density at radius 2 is 1.62 bits per heavy atom. The van der Waals surface area contributed by atoms with Gasteiger partial charge in [-0.15, -0.1) is 0 Å². The topological polar surface area (TPSA) is 86.8 Å². The molecule has 7 nitrogen and oxygen atoms in total. The van der Waals surface area contributed by atoms with Gasteiger partial charge in [0.25, 0.3) is 0 Å². The van der Waals surface area contributed by atoms with Gasteiger partial charge >= 0.3 is 0 Å². The minimum Gasteiger partial charge on any atom is -0.342 e. The van der Waals surface area contributed by atoms with E-state index in [0.29, 0.717) is 18.8 Å². The highest BCUT2D eigenvalue weighted by molar-refractivity contribution is 7.89. The van der Waals surface area contributed by atoms with Crippen molar-refractivity contribution in [1.82, 2.24) is 9.21 Å². The molecule has 2 aromatic rings. The highest BCUT2D eigenvalue weighted by atomic mass is 32.2. The van der Waals surface area contributed by atoms with Crippen LogP contribution in [0.3, 0.4) is 0 Å². The van der Waals surface area contributed by atoms with Crippen molar-refractivity contribution in [3.8, 4) is 0 Å². The maximum absolute atomic E-state index is 13.3. The summed E-state index contributed by atoms with van der Waals surface area (Å²) >= 11 is 0. The van der Waals surface area contributed by atoms with E-state index in [1.165, 1.54) is 35.5 Å². The largest absolute Gasteiger partial charge is 0.342 e. The molecule has 2 amide bonds. The third kappa shape index (κ3) is 5.42. The normalized spacial score (nSPS) is 14.2. The SMILES string of the molecule is CC(=O)Nc1ccc(S(=O)(=O)N(CC(=O)N2CCCC2)Cc2ccccc2)cc1. The third-order valence-corrected chi connectivity index (χ3v) is 6.59. The zero-order valence-electron chi connectivity index (χ0n) is 16.4. The molecular formula is C21H25N3O4S. The first-order valence-electron chi connectivity index (χ1n) is 9.56. The van der Waals surface area contributed by atoms with Crippen LogP contribution in [0.15, 0.2) is 59.5 Å². The molecule has 1 aliphatic rings. The molecular weight excluding hydrogens is 390 g/mol. The zero-order chi connectivity index (χ0) is 20.9. The highest BCUT2D eigenvalue weighted by Gasteiger charge is 2.29.